The molecule has 4 nitrogen and oxygen atoms in total. The Kier molecular flexibility index (Phi) is 3.76. The van der Waals surface area contributed by atoms with Crippen molar-refractivity contribution in [2.45, 2.75) is 38.6 Å². The van der Waals surface area contributed by atoms with Crippen molar-refractivity contribution >= 4 is 21.7 Å². The van der Waals surface area contributed by atoms with Crippen LogP contribution in [0.4, 0.5) is 5.82 Å². The number of nitrogens with one attached hydrogen (secondary N) is 1. The topological polar surface area (TPSA) is 41.1 Å². The van der Waals surface area contributed by atoms with Crippen LogP contribution < -0.4 is 5.32 Å². The van der Waals surface area contributed by atoms with Gasteiger partial charge in [-0.2, -0.15) is 0 Å². The predicted molar refractivity (Wildman–Crippen MR) is 80.4 cm³/mol. The van der Waals surface area contributed by atoms with Crippen LogP contribution in [-0.4, -0.2) is 40.5 Å². The molecule has 19 heavy (non-hydrogen) atoms. The normalized spacial score (nSPS) is 29.8. The summed E-state index contributed by atoms with van der Waals surface area (Å²) in [5.41, 5.74) is 0. The second-order valence-corrected chi connectivity index (χ2v) is 6.79. The number of fused-ring (bicyclic) bond motifs is 3. The fourth-order valence-corrected chi connectivity index (χ4v) is 3.48. The van der Waals surface area contributed by atoms with Gasteiger partial charge in [0, 0.05) is 24.6 Å². The molecule has 1 aromatic heterocycles. The lowest BCUT2D eigenvalue weighted by molar-refractivity contribution is 0.0973. The minimum atomic E-state index is 0.351. The van der Waals surface area contributed by atoms with Crippen molar-refractivity contribution in [2.24, 2.45) is 5.92 Å². The summed E-state index contributed by atoms with van der Waals surface area (Å²) in [5, 5.41) is 3.63. The zero-order valence-electron chi connectivity index (χ0n) is 11.6. The molecule has 0 aromatic carbocycles. The van der Waals surface area contributed by atoms with E-state index < -0.39 is 0 Å². The minimum absolute atomic E-state index is 0.351. The van der Waals surface area contributed by atoms with Gasteiger partial charge in [0.1, 0.15) is 16.2 Å². The van der Waals surface area contributed by atoms with Crippen LogP contribution in [0.25, 0.3) is 0 Å². The van der Waals surface area contributed by atoms with Gasteiger partial charge in [-0.15, -0.1) is 0 Å². The first kappa shape index (κ1) is 13.3. The van der Waals surface area contributed by atoms with Gasteiger partial charge >= 0.3 is 0 Å². The van der Waals surface area contributed by atoms with Gasteiger partial charge < -0.3 is 10.2 Å². The van der Waals surface area contributed by atoms with Crippen molar-refractivity contribution < 1.29 is 0 Å². The average molecular weight is 325 g/mol. The molecular formula is C14H21BrN4. The van der Waals surface area contributed by atoms with Gasteiger partial charge in [0.05, 0.1) is 0 Å². The molecule has 4 heterocycles. The third kappa shape index (κ3) is 2.92. The number of piperidine rings is 3. The van der Waals surface area contributed by atoms with Crippen LogP contribution in [0.15, 0.2) is 10.7 Å². The van der Waals surface area contributed by atoms with E-state index in [2.05, 4.69) is 50.0 Å². The molecule has 0 amide bonds. The van der Waals surface area contributed by atoms with Gasteiger partial charge in [-0.05, 0) is 47.8 Å². The number of nitrogens with zero attached hydrogens (tertiary/aromatic N) is 3. The van der Waals surface area contributed by atoms with E-state index in [1.807, 2.05) is 6.07 Å². The van der Waals surface area contributed by atoms with E-state index in [4.69, 9.17) is 0 Å². The highest BCUT2D eigenvalue weighted by atomic mass is 79.9. The van der Waals surface area contributed by atoms with E-state index in [9.17, 15) is 0 Å². The van der Waals surface area contributed by atoms with Gasteiger partial charge in [0.2, 0.25) is 0 Å². The van der Waals surface area contributed by atoms with Gasteiger partial charge in [0.15, 0.2) is 0 Å². The Morgan fingerprint density at radius 1 is 1.32 bits per heavy atom. The Hall–Kier alpha value is -0.680. The lowest BCUT2D eigenvalue weighted by Gasteiger charge is -2.45. The first-order valence-electron chi connectivity index (χ1n) is 7.15. The Morgan fingerprint density at radius 3 is 2.63 bits per heavy atom. The Labute approximate surface area is 123 Å². The molecule has 3 fully saturated rings. The summed E-state index contributed by atoms with van der Waals surface area (Å²) in [5.74, 6) is 3.02. The molecule has 5 heteroatoms. The van der Waals surface area contributed by atoms with Crippen molar-refractivity contribution in [3.05, 3.63) is 16.5 Å². The molecule has 104 valence electrons. The SMILES string of the molecule is CC(C)c1nc(Br)cc(NC2CN3CCC2CC3)n1. The predicted octanol–water partition coefficient (Wildman–Crippen LogP) is 2.87. The van der Waals surface area contributed by atoms with E-state index in [1.165, 1.54) is 25.9 Å². The summed E-state index contributed by atoms with van der Waals surface area (Å²) in [7, 11) is 0. The van der Waals surface area contributed by atoms with Gasteiger partial charge in [0.25, 0.3) is 0 Å². The summed E-state index contributed by atoms with van der Waals surface area (Å²) in [6, 6.07) is 2.54. The maximum Gasteiger partial charge on any atom is 0.134 e. The van der Waals surface area contributed by atoms with Crippen LogP contribution in [-0.2, 0) is 0 Å². The molecule has 0 saturated carbocycles. The van der Waals surface area contributed by atoms with E-state index in [0.717, 1.165) is 28.7 Å². The number of hydrogen-bond acceptors (Lipinski definition) is 4. The van der Waals surface area contributed by atoms with E-state index in [-0.39, 0.29) is 0 Å². The molecule has 3 aliphatic rings. The van der Waals surface area contributed by atoms with Crippen molar-refractivity contribution in [3.8, 4) is 0 Å². The summed E-state index contributed by atoms with van der Waals surface area (Å²) in [6.45, 7) is 7.95. The third-order valence-corrected chi connectivity index (χ3v) is 4.62. The second-order valence-electron chi connectivity index (χ2n) is 5.98. The molecule has 4 rings (SSSR count). The lowest BCUT2D eigenvalue weighted by Crippen LogP contribution is -2.53. The number of anilines is 1. The Bertz CT molecular complexity index is 455. The van der Waals surface area contributed by atoms with E-state index in [1.54, 1.807) is 0 Å². The lowest BCUT2D eigenvalue weighted by atomic mass is 9.84. The first-order valence-corrected chi connectivity index (χ1v) is 7.94. The summed E-state index contributed by atoms with van der Waals surface area (Å²) in [4.78, 5) is 11.6. The molecule has 3 saturated heterocycles. The van der Waals surface area contributed by atoms with Crippen LogP contribution >= 0.6 is 15.9 Å². The largest absolute Gasteiger partial charge is 0.366 e. The van der Waals surface area contributed by atoms with Gasteiger partial charge in [-0.1, -0.05) is 13.8 Å². The molecule has 1 atom stereocenters. The number of aromatic nitrogens is 2. The molecule has 1 aromatic rings. The second kappa shape index (κ2) is 5.37. The van der Waals surface area contributed by atoms with Crippen molar-refractivity contribution in [3.63, 3.8) is 0 Å². The molecule has 1 N–H and O–H groups in total. The smallest absolute Gasteiger partial charge is 0.134 e. The van der Waals surface area contributed by atoms with Gasteiger partial charge in [-0.25, -0.2) is 9.97 Å². The van der Waals surface area contributed by atoms with Crippen molar-refractivity contribution in [1.29, 1.82) is 0 Å². The molecule has 0 spiro atoms. The van der Waals surface area contributed by atoms with Gasteiger partial charge in [-0.3, -0.25) is 0 Å². The zero-order valence-corrected chi connectivity index (χ0v) is 13.2. The minimum Gasteiger partial charge on any atom is -0.366 e. The van der Waals surface area contributed by atoms with Crippen molar-refractivity contribution in [2.75, 3.05) is 25.0 Å². The highest BCUT2D eigenvalue weighted by Crippen LogP contribution is 2.30. The monoisotopic (exact) mass is 324 g/mol. The van der Waals surface area contributed by atoms with Crippen LogP contribution in [0.1, 0.15) is 38.4 Å². The molecule has 0 aliphatic carbocycles. The Morgan fingerprint density at radius 2 is 2.05 bits per heavy atom. The zero-order chi connectivity index (χ0) is 13.4. The van der Waals surface area contributed by atoms with Crippen LogP contribution in [0.5, 0.6) is 0 Å². The summed E-state index contributed by atoms with van der Waals surface area (Å²) in [6.07, 6.45) is 2.64. The summed E-state index contributed by atoms with van der Waals surface area (Å²) >= 11 is 3.49. The fraction of sp³-hybridized carbons (Fsp3) is 0.714. The van der Waals surface area contributed by atoms with E-state index >= 15 is 0 Å². The molecule has 2 bridgehead atoms. The maximum absolute atomic E-state index is 4.64. The van der Waals surface area contributed by atoms with E-state index in [0.29, 0.717) is 12.0 Å². The maximum atomic E-state index is 4.64. The van der Waals surface area contributed by atoms with Crippen LogP contribution in [0.2, 0.25) is 0 Å². The molecule has 1 unspecified atom stereocenters. The summed E-state index contributed by atoms with van der Waals surface area (Å²) < 4.78 is 0.870. The standard InChI is InChI=1S/C14H21BrN4/c1-9(2)14-17-12(15)7-13(18-14)16-11-8-19-5-3-10(11)4-6-19/h7,9-11H,3-6,8H2,1-2H3,(H,16,17,18). The molecule has 3 aliphatic heterocycles. The average Bonchev–Trinajstić information content (AvgIpc) is 2.39. The Balaban J connectivity index is 1.76. The molecular weight excluding hydrogens is 304 g/mol. The first-order chi connectivity index (χ1) is 9.11. The van der Waals surface area contributed by atoms with Crippen LogP contribution in [0, 0.1) is 5.92 Å². The van der Waals surface area contributed by atoms with Crippen LogP contribution in [0.3, 0.4) is 0 Å². The third-order valence-electron chi connectivity index (χ3n) is 4.22. The number of halogens is 1. The molecule has 0 radical (unpaired) electrons. The van der Waals surface area contributed by atoms with Crippen molar-refractivity contribution in [1.82, 2.24) is 14.9 Å². The quantitative estimate of drug-likeness (QED) is 0.868. The highest BCUT2D eigenvalue weighted by Gasteiger charge is 2.34. The fourth-order valence-electron chi connectivity index (χ4n) is 3.09. The highest BCUT2D eigenvalue weighted by molar-refractivity contribution is 9.10. The number of rotatable bonds is 3. The number of hydrogen-bond donors (Lipinski definition) is 1.